The third-order valence-corrected chi connectivity index (χ3v) is 3.30. The van der Waals surface area contributed by atoms with E-state index < -0.39 is 0 Å². The molecule has 2 aromatic rings. The highest BCUT2D eigenvalue weighted by Crippen LogP contribution is 2.47. The van der Waals surface area contributed by atoms with Crippen LogP contribution in [0.2, 0.25) is 0 Å². The Labute approximate surface area is 105 Å². The number of rotatable bonds is 3. The Hall–Kier alpha value is -2.10. The first kappa shape index (κ1) is 11.0. The predicted molar refractivity (Wildman–Crippen MR) is 69.2 cm³/mol. The molecule has 1 aliphatic rings. The Morgan fingerprint density at radius 1 is 1.39 bits per heavy atom. The number of carbonyl (C=O) groups is 1. The van der Waals surface area contributed by atoms with Crippen LogP contribution in [0, 0.1) is 12.8 Å². The van der Waals surface area contributed by atoms with E-state index in [1.54, 1.807) is 6.20 Å². The lowest BCUT2D eigenvalue weighted by atomic mass is 10.1. The van der Waals surface area contributed by atoms with Crippen molar-refractivity contribution in [2.75, 3.05) is 5.32 Å². The van der Waals surface area contributed by atoms with Crippen LogP contribution in [0.15, 0.2) is 36.5 Å². The fourth-order valence-corrected chi connectivity index (χ4v) is 2.24. The largest absolute Gasteiger partial charge is 0.328 e. The number of aromatic amines is 1. The van der Waals surface area contributed by atoms with Crippen LogP contribution in [0.4, 0.5) is 5.95 Å². The molecule has 3 rings (SSSR count). The van der Waals surface area contributed by atoms with Crippen LogP contribution < -0.4 is 5.32 Å². The molecule has 1 aromatic heterocycles. The van der Waals surface area contributed by atoms with E-state index >= 15 is 0 Å². The molecule has 4 nitrogen and oxygen atoms in total. The summed E-state index contributed by atoms with van der Waals surface area (Å²) >= 11 is 0. The molecule has 0 aliphatic heterocycles. The maximum atomic E-state index is 12.0. The van der Waals surface area contributed by atoms with Crippen LogP contribution in [-0.4, -0.2) is 15.9 Å². The van der Waals surface area contributed by atoms with Crippen molar-refractivity contribution in [3.8, 4) is 0 Å². The van der Waals surface area contributed by atoms with Gasteiger partial charge in [0.25, 0.3) is 0 Å². The first-order chi connectivity index (χ1) is 8.74. The second kappa shape index (κ2) is 4.29. The van der Waals surface area contributed by atoms with Gasteiger partial charge >= 0.3 is 0 Å². The van der Waals surface area contributed by atoms with Crippen LogP contribution >= 0.6 is 0 Å². The van der Waals surface area contributed by atoms with E-state index in [1.807, 2.05) is 25.1 Å². The molecule has 0 saturated heterocycles. The van der Waals surface area contributed by atoms with E-state index in [0.717, 1.165) is 12.1 Å². The zero-order chi connectivity index (χ0) is 12.5. The highest BCUT2D eigenvalue weighted by atomic mass is 16.2. The van der Waals surface area contributed by atoms with Crippen molar-refractivity contribution in [3.63, 3.8) is 0 Å². The summed E-state index contributed by atoms with van der Waals surface area (Å²) in [4.78, 5) is 19.1. The summed E-state index contributed by atoms with van der Waals surface area (Å²) in [6, 6.07) is 10.2. The van der Waals surface area contributed by atoms with Crippen molar-refractivity contribution in [2.45, 2.75) is 19.3 Å². The second-order valence-corrected chi connectivity index (χ2v) is 4.76. The van der Waals surface area contributed by atoms with Gasteiger partial charge in [0.05, 0.1) is 0 Å². The first-order valence-corrected chi connectivity index (χ1v) is 6.11. The van der Waals surface area contributed by atoms with Gasteiger partial charge < -0.3 is 4.98 Å². The third kappa shape index (κ3) is 2.14. The minimum Gasteiger partial charge on any atom is -0.328 e. The summed E-state index contributed by atoms with van der Waals surface area (Å²) in [5.41, 5.74) is 2.19. The Bertz CT molecular complexity index is 561. The minimum atomic E-state index is 0.0539. The molecule has 2 N–H and O–H groups in total. The number of nitrogens with zero attached hydrogens (tertiary/aromatic N) is 1. The van der Waals surface area contributed by atoms with Crippen molar-refractivity contribution in [2.24, 2.45) is 5.92 Å². The fraction of sp³-hybridized carbons (Fsp3) is 0.286. The predicted octanol–water partition coefficient (Wildman–Crippen LogP) is 2.46. The number of aromatic nitrogens is 2. The topological polar surface area (TPSA) is 57.8 Å². The van der Waals surface area contributed by atoms with Gasteiger partial charge in [-0.25, -0.2) is 4.98 Å². The monoisotopic (exact) mass is 241 g/mol. The van der Waals surface area contributed by atoms with Crippen LogP contribution in [0.1, 0.15) is 23.6 Å². The highest BCUT2D eigenvalue weighted by molar-refractivity contribution is 5.93. The quantitative estimate of drug-likeness (QED) is 0.867. The number of carbonyl (C=O) groups excluding carboxylic acids is 1. The first-order valence-electron chi connectivity index (χ1n) is 6.11. The van der Waals surface area contributed by atoms with E-state index in [4.69, 9.17) is 0 Å². The molecule has 4 heteroatoms. The molecule has 1 saturated carbocycles. The lowest BCUT2D eigenvalue weighted by Gasteiger charge is -2.01. The SMILES string of the molecule is Cc1cnc(NC(=O)[C@H]2C[C@@H]2c2ccccc2)[nH]1. The molecule has 92 valence electrons. The number of benzene rings is 1. The minimum absolute atomic E-state index is 0.0539. The molecule has 1 amide bonds. The van der Waals surface area contributed by atoms with E-state index in [9.17, 15) is 4.79 Å². The van der Waals surface area contributed by atoms with Crippen molar-refractivity contribution in [1.29, 1.82) is 0 Å². The number of aryl methyl sites for hydroxylation is 1. The van der Waals surface area contributed by atoms with Gasteiger partial charge in [0, 0.05) is 17.8 Å². The molecule has 18 heavy (non-hydrogen) atoms. The van der Waals surface area contributed by atoms with Gasteiger partial charge in [0.1, 0.15) is 0 Å². The maximum Gasteiger partial charge on any atom is 0.230 e. The van der Waals surface area contributed by atoms with Crippen LogP contribution in [0.25, 0.3) is 0 Å². The van der Waals surface area contributed by atoms with Crippen LogP contribution in [0.5, 0.6) is 0 Å². The molecule has 0 spiro atoms. The van der Waals surface area contributed by atoms with E-state index in [0.29, 0.717) is 11.9 Å². The summed E-state index contributed by atoms with van der Waals surface area (Å²) in [6.45, 7) is 1.91. The molecule has 0 unspecified atom stereocenters. The van der Waals surface area contributed by atoms with Gasteiger partial charge in [-0.05, 0) is 24.8 Å². The average molecular weight is 241 g/mol. The van der Waals surface area contributed by atoms with Crippen molar-refractivity contribution in [1.82, 2.24) is 9.97 Å². The zero-order valence-electron chi connectivity index (χ0n) is 10.2. The van der Waals surface area contributed by atoms with Crippen molar-refractivity contribution >= 4 is 11.9 Å². The van der Waals surface area contributed by atoms with Gasteiger partial charge in [0.2, 0.25) is 11.9 Å². The maximum absolute atomic E-state index is 12.0. The summed E-state index contributed by atoms with van der Waals surface area (Å²) < 4.78 is 0. The van der Waals surface area contributed by atoms with Gasteiger partial charge in [-0.15, -0.1) is 0 Å². The molecule has 1 aliphatic carbocycles. The molecule has 1 heterocycles. The molecule has 1 fully saturated rings. The Balaban J connectivity index is 1.63. The standard InChI is InChI=1S/C14H15N3O/c1-9-8-15-14(16-9)17-13(18)12-7-11(12)10-5-3-2-4-6-10/h2-6,8,11-12H,7H2,1H3,(H2,15,16,17,18)/t11-,12+/m1/s1. The summed E-state index contributed by atoms with van der Waals surface area (Å²) in [5.74, 6) is 1.04. The Kier molecular flexibility index (Phi) is 2.63. The van der Waals surface area contributed by atoms with E-state index in [-0.39, 0.29) is 11.8 Å². The molecule has 0 bridgehead atoms. The Morgan fingerprint density at radius 2 is 2.17 bits per heavy atom. The summed E-state index contributed by atoms with van der Waals surface area (Å²) in [5, 5.41) is 2.82. The van der Waals surface area contributed by atoms with E-state index in [2.05, 4.69) is 27.4 Å². The number of H-pyrrole nitrogens is 1. The Morgan fingerprint density at radius 3 is 2.83 bits per heavy atom. The molecular weight excluding hydrogens is 226 g/mol. The number of imidazole rings is 1. The zero-order valence-corrected chi connectivity index (χ0v) is 10.2. The molecule has 0 radical (unpaired) electrons. The summed E-state index contributed by atoms with van der Waals surface area (Å²) in [7, 11) is 0. The smallest absolute Gasteiger partial charge is 0.230 e. The summed E-state index contributed by atoms with van der Waals surface area (Å²) in [6.07, 6.45) is 2.63. The van der Waals surface area contributed by atoms with Crippen molar-refractivity contribution in [3.05, 3.63) is 47.8 Å². The second-order valence-electron chi connectivity index (χ2n) is 4.76. The number of hydrogen-bond acceptors (Lipinski definition) is 2. The number of amides is 1. The van der Waals surface area contributed by atoms with Gasteiger partial charge in [-0.2, -0.15) is 0 Å². The fourth-order valence-electron chi connectivity index (χ4n) is 2.24. The molecule has 2 atom stereocenters. The van der Waals surface area contributed by atoms with Crippen LogP contribution in [0.3, 0.4) is 0 Å². The van der Waals surface area contributed by atoms with E-state index in [1.165, 1.54) is 5.56 Å². The number of anilines is 1. The third-order valence-electron chi connectivity index (χ3n) is 3.30. The van der Waals surface area contributed by atoms with Gasteiger partial charge in [-0.1, -0.05) is 30.3 Å². The highest BCUT2D eigenvalue weighted by Gasteiger charge is 2.43. The molecule has 1 aromatic carbocycles. The van der Waals surface area contributed by atoms with Crippen LogP contribution in [-0.2, 0) is 4.79 Å². The molecular formula is C14H15N3O. The average Bonchev–Trinajstić information content (AvgIpc) is 3.09. The number of nitrogens with one attached hydrogen (secondary N) is 2. The van der Waals surface area contributed by atoms with Gasteiger partial charge in [-0.3, -0.25) is 10.1 Å². The normalized spacial score (nSPS) is 21.6. The lowest BCUT2D eigenvalue weighted by molar-refractivity contribution is -0.117. The van der Waals surface area contributed by atoms with Crippen molar-refractivity contribution < 1.29 is 4.79 Å². The van der Waals surface area contributed by atoms with Gasteiger partial charge in [0.15, 0.2) is 0 Å². The number of hydrogen-bond donors (Lipinski definition) is 2. The lowest BCUT2D eigenvalue weighted by Crippen LogP contribution is -2.15.